The summed E-state index contributed by atoms with van der Waals surface area (Å²) in [6, 6.07) is 10.3. The normalized spacial score (nSPS) is 10.6. The molecule has 1 aromatic carbocycles. The third kappa shape index (κ3) is 4.08. The fraction of sp³-hybridized carbons (Fsp3) is 0.333. The molecule has 1 aromatic heterocycles. The van der Waals surface area contributed by atoms with Crippen LogP contribution in [0.3, 0.4) is 0 Å². The van der Waals surface area contributed by atoms with Crippen molar-refractivity contribution in [2.45, 2.75) is 26.4 Å². The maximum Gasteiger partial charge on any atom is 0.119 e. The summed E-state index contributed by atoms with van der Waals surface area (Å²) < 4.78 is 5.61. The maximum atomic E-state index is 5.61. The van der Waals surface area contributed by atoms with Crippen LogP contribution in [0.1, 0.15) is 19.4 Å². The van der Waals surface area contributed by atoms with Gasteiger partial charge in [-0.1, -0.05) is 0 Å². The number of hydrogen-bond donors (Lipinski definition) is 1. The van der Waals surface area contributed by atoms with Crippen molar-refractivity contribution in [1.82, 2.24) is 0 Å². The first kappa shape index (κ1) is 13.0. The largest absolute Gasteiger partial charge is 0.491 e. The molecule has 0 bridgehead atoms. The third-order valence-electron chi connectivity index (χ3n) is 2.55. The third-order valence-corrected chi connectivity index (χ3v) is 3.28. The summed E-state index contributed by atoms with van der Waals surface area (Å²) in [6.07, 6.45) is 1.29. The Morgan fingerprint density at radius 3 is 2.56 bits per heavy atom. The zero-order valence-electron chi connectivity index (χ0n) is 10.8. The predicted molar refractivity (Wildman–Crippen MR) is 78.7 cm³/mol. The first-order chi connectivity index (χ1) is 8.74. The van der Waals surface area contributed by atoms with Crippen molar-refractivity contribution in [3.8, 4) is 5.75 Å². The molecule has 0 spiro atoms. The molecule has 3 heteroatoms. The minimum atomic E-state index is 0.224. The van der Waals surface area contributed by atoms with Crippen LogP contribution < -0.4 is 10.1 Å². The topological polar surface area (TPSA) is 21.3 Å². The Kier molecular flexibility index (Phi) is 4.65. The fourth-order valence-electron chi connectivity index (χ4n) is 1.71. The zero-order valence-corrected chi connectivity index (χ0v) is 11.7. The van der Waals surface area contributed by atoms with Gasteiger partial charge in [0.15, 0.2) is 0 Å². The summed E-state index contributed by atoms with van der Waals surface area (Å²) >= 11 is 1.75. The maximum absolute atomic E-state index is 5.61. The van der Waals surface area contributed by atoms with Crippen molar-refractivity contribution in [1.29, 1.82) is 0 Å². The van der Waals surface area contributed by atoms with Crippen molar-refractivity contribution in [2.24, 2.45) is 0 Å². The number of anilines is 1. The fourth-order valence-corrected chi connectivity index (χ4v) is 2.41. The standard InChI is InChI=1S/C15H19NOS/c1-12(2)17-15-5-3-14(4-6-15)16-9-7-13-8-10-18-11-13/h3-6,8,10-12,16H,7,9H2,1-2H3. The van der Waals surface area contributed by atoms with E-state index >= 15 is 0 Å². The molecule has 0 amide bonds. The van der Waals surface area contributed by atoms with Crippen LogP contribution in [0.15, 0.2) is 41.1 Å². The highest BCUT2D eigenvalue weighted by Gasteiger charge is 1.98. The molecule has 1 heterocycles. The molecule has 2 aromatic rings. The Bertz CT molecular complexity index is 448. The highest BCUT2D eigenvalue weighted by Crippen LogP contribution is 2.17. The molecule has 0 saturated heterocycles. The molecule has 1 N–H and O–H groups in total. The molecular weight excluding hydrogens is 242 g/mol. The lowest BCUT2D eigenvalue weighted by Crippen LogP contribution is -2.06. The van der Waals surface area contributed by atoms with Crippen molar-refractivity contribution >= 4 is 17.0 Å². The predicted octanol–water partition coefficient (Wildman–Crippen LogP) is 4.19. The summed E-state index contributed by atoms with van der Waals surface area (Å²) in [6.45, 7) is 5.03. The van der Waals surface area contributed by atoms with Crippen LogP contribution in [-0.2, 0) is 6.42 Å². The number of nitrogens with one attached hydrogen (secondary N) is 1. The Morgan fingerprint density at radius 2 is 1.94 bits per heavy atom. The summed E-state index contributed by atoms with van der Waals surface area (Å²) in [5.74, 6) is 0.924. The van der Waals surface area contributed by atoms with Crippen molar-refractivity contribution in [3.05, 3.63) is 46.7 Å². The van der Waals surface area contributed by atoms with Gasteiger partial charge in [0.05, 0.1) is 6.10 Å². The molecule has 0 unspecified atom stereocenters. The van der Waals surface area contributed by atoms with Gasteiger partial charge in [0.2, 0.25) is 0 Å². The van der Waals surface area contributed by atoms with Gasteiger partial charge in [-0.3, -0.25) is 0 Å². The molecule has 18 heavy (non-hydrogen) atoms. The first-order valence-electron chi connectivity index (χ1n) is 6.26. The molecule has 0 aliphatic carbocycles. The molecule has 0 aliphatic rings. The van der Waals surface area contributed by atoms with Crippen LogP contribution in [0, 0.1) is 0 Å². The van der Waals surface area contributed by atoms with Gasteiger partial charge >= 0.3 is 0 Å². The van der Waals surface area contributed by atoms with Crippen molar-refractivity contribution < 1.29 is 4.74 Å². The van der Waals surface area contributed by atoms with E-state index < -0.39 is 0 Å². The van der Waals surface area contributed by atoms with Gasteiger partial charge in [-0.15, -0.1) is 0 Å². The molecule has 0 atom stereocenters. The van der Waals surface area contributed by atoms with Gasteiger partial charge in [0.25, 0.3) is 0 Å². The highest BCUT2D eigenvalue weighted by atomic mass is 32.1. The molecule has 96 valence electrons. The number of hydrogen-bond acceptors (Lipinski definition) is 3. The Hall–Kier alpha value is -1.48. The summed E-state index contributed by atoms with van der Waals surface area (Å²) in [5, 5.41) is 7.73. The molecular formula is C15H19NOS. The second-order valence-electron chi connectivity index (χ2n) is 4.50. The lowest BCUT2D eigenvalue weighted by Gasteiger charge is -2.11. The number of rotatable bonds is 6. The lowest BCUT2D eigenvalue weighted by molar-refractivity contribution is 0.242. The van der Waals surface area contributed by atoms with Crippen LogP contribution in [0.2, 0.25) is 0 Å². The van der Waals surface area contributed by atoms with E-state index in [1.165, 1.54) is 5.56 Å². The van der Waals surface area contributed by atoms with Crippen molar-refractivity contribution in [2.75, 3.05) is 11.9 Å². The van der Waals surface area contributed by atoms with Crippen LogP contribution >= 0.6 is 11.3 Å². The molecule has 0 saturated carbocycles. The summed E-state index contributed by atoms with van der Waals surface area (Å²) in [4.78, 5) is 0. The summed E-state index contributed by atoms with van der Waals surface area (Å²) in [7, 11) is 0. The van der Waals surface area contributed by atoms with E-state index in [9.17, 15) is 0 Å². The van der Waals surface area contributed by atoms with Crippen LogP contribution in [0.4, 0.5) is 5.69 Å². The van der Waals surface area contributed by atoms with E-state index in [-0.39, 0.29) is 6.10 Å². The van der Waals surface area contributed by atoms with Gasteiger partial charge in [0, 0.05) is 12.2 Å². The molecule has 2 nitrogen and oxygen atoms in total. The van der Waals surface area contributed by atoms with Gasteiger partial charge in [-0.05, 0) is 66.9 Å². The Morgan fingerprint density at radius 1 is 1.17 bits per heavy atom. The van der Waals surface area contributed by atoms with E-state index in [2.05, 4.69) is 34.3 Å². The Labute approximate surface area is 113 Å². The van der Waals surface area contributed by atoms with Gasteiger partial charge in [0.1, 0.15) is 5.75 Å². The SMILES string of the molecule is CC(C)Oc1ccc(NCCc2ccsc2)cc1. The second kappa shape index (κ2) is 6.45. The van der Waals surface area contributed by atoms with Gasteiger partial charge < -0.3 is 10.1 Å². The van der Waals surface area contributed by atoms with E-state index in [1.807, 2.05) is 26.0 Å². The smallest absolute Gasteiger partial charge is 0.119 e. The molecule has 0 radical (unpaired) electrons. The lowest BCUT2D eigenvalue weighted by atomic mass is 10.2. The van der Waals surface area contributed by atoms with E-state index in [0.29, 0.717) is 0 Å². The average molecular weight is 261 g/mol. The average Bonchev–Trinajstić information content (AvgIpc) is 2.84. The number of benzene rings is 1. The minimum Gasteiger partial charge on any atom is -0.491 e. The Balaban J connectivity index is 1.79. The van der Waals surface area contributed by atoms with Crippen molar-refractivity contribution in [3.63, 3.8) is 0 Å². The molecule has 2 rings (SSSR count). The number of thiophene rings is 1. The number of ether oxygens (including phenoxy) is 1. The first-order valence-corrected chi connectivity index (χ1v) is 7.20. The monoisotopic (exact) mass is 261 g/mol. The van der Waals surface area contributed by atoms with Crippen LogP contribution in [0.25, 0.3) is 0 Å². The van der Waals surface area contributed by atoms with Gasteiger partial charge in [-0.2, -0.15) is 11.3 Å². The zero-order chi connectivity index (χ0) is 12.8. The van der Waals surface area contributed by atoms with Crippen LogP contribution in [0.5, 0.6) is 5.75 Å². The highest BCUT2D eigenvalue weighted by molar-refractivity contribution is 7.07. The van der Waals surface area contributed by atoms with Gasteiger partial charge in [-0.25, -0.2) is 0 Å². The van der Waals surface area contributed by atoms with E-state index in [0.717, 1.165) is 24.4 Å². The van der Waals surface area contributed by atoms with E-state index in [1.54, 1.807) is 11.3 Å². The summed E-state index contributed by atoms with van der Waals surface area (Å²) in [5.41, 5.74) is 2.54. The minimum absolute atomic E-state index is 0.224. The second-order valence-corrected chi connectivity index (χ2v) is 5.28. The molecule has 0 fully saturated rings. The molecule has 0 aliphatic heterocycles. The van der Waals surface area contributed by atoms with Crippen LogP contribution in [-0.4, -0.2) is 12.6 Å². The van der Waals surface area contributed by atoms with E-state index in [4.69, 9.17) is 4.74 Å². The quantitative estimate of drug-likeness (QED) is 0.842.